The van der Waals surface area contributed by atoms with Gasteiger partial charge in [0, 0.05) is 19.9 Å². The number of rotatable bonds is 4. The molecule has 1 aromatic rings. The molecule has 72 valence electrons. The second kappa shape index (κ2) is 5.14. The number of nitrogens with one attached hydrogen (secondary N) is 1. The van der Waals surface area contributed by atoms with E-state index in [0.29, 0.717) is 5.95 Å². The highest BCUT2D eigenvalue weighted by Gasteiger charge is 2.03. The zero-order valence-electron chi connectivity index (χ0n) is 7.42. The van der Waals surface area contributed by atoms with Gasteiger partial charge in [-0.25, -0.2) is 9.97 Å². The van der Waals surface area contributed by atoms with Gasteiger partial charge < -0.3 is 10.4 Å². The van der Waals surface area contributed by atoms with Gasteiger partial charge in [0.05, 0.1) is 10.2 Å². The Morgan fingerprint density at radius 2 is 2.38 bits per heavy atom. The Hall–Kier alpha value is -0.680. The zero-order chi connectivity index (χ0) is 9.68. The molecule has 0 saturated carbocycles. The van der Waals surface area contributed by atoms with E-state index in [0.717, 1.165) is 23.0 Å². The average Bonchev–Trinajstić information content (AvgIpc) is 2.17. The topological polar surface area (TPSA) is 58.0 Å². The zero-order valence-corrected chi connectivity index (χ0v) is 9.00. The van der Waals surface area contributed by atoms with E-state index < -0.39 is 0 Å². The molecule has 0 unspecified atom stereocenters. The van der Waals surface area contributed by atoms with Crippen LogP contribution in [-0.4, -0.2) is 28.7 Å². The Balaban J connectivity index is 2.78. The van der Waals surface area contributed by atoms with Crippen molar-refractivity contribution in [2.45, 2.75) is 12.8 Å². The first-order valence-electron chi connectivity index (χ1n) is 4.08. The summed E-state index contributed by atoms with van der Waals surface area (Å²) in [5.41, 5.74) is 0.924. The van der Waals surface area contributed by atoms with Crippen molar-refractivity contribution < 1.29 is 5.11 Å². The molecule has 0 aromatic carbocycles. The lowest BCUT2D eigenvalue weighted by Crippen LogP contribution is -2.01. The minimum Gasteiger partial charge on any atom is -0.396 e. The summed E-state index contributed by atoms with van der Waals surface area (Å²) in [5.74, 6) is 0.608. The van der Waals surface area contributed by atoms with Crippen molar-refractivity contribution in [2.24, 2.45) is 0 Å². The monoisotopic (exact) mass is 245 g/mol. The second-order valence-corrected chi connectivity index (χ2v) is 3.42. The fourth-order valence-corrected chi connectivity index (χ4v) is 1.33. The van der Waals surface area contributed by atoms with Gasteiger partial charge in [0.2, 0.25) is 5.95 Å². The van der Waals surface area contributed by atoms with Gasteiger partial charge in [0.15, 0.2) is 0 Å². The van der Waals surface area contributed by atoms with Gasteiger partial charge in [-0.2, -0.15) is 0 Å². The molecule has 1 heterocycles. The first kappa shape index (κ1) is 10.4. The molecule has 5 heteroatoms. The van der Waals surface area contributed by atoms with E-state index in [4.69, 9.17) is 5.11 Å². The van der Waals surface area contributed by atoms with E-state index >= 15 is 0 Å². The normalized spacial score (nSPS) is 10.1. The van der Waals surface area contributed by atoms with Crippen LogP contribution >= 0.6 is 15.9 Å². The number of aromatic nitrogens is 2. The van der Waals surface area contributed by atoms with Crippen LogP contribution in [0.2, 0.25) is 0 Å². The van der Waals surface area contributed by atoms with Crippen LogP contribution in [0.4, 0.5) is 5.95 Å². The minimum absolute atomic E-state index is 0.186. The molecule has 0 aliphatic carbocycles. The number of nitrogens with zero attached hydrogens (tertiary/aromatic N) is 2. The van der Waals surface area contributed by atoms with E-state index in [2.05, 4.69) is 31.2 Å². The molecule has 0 bridgehead atoms. The quantitative estimate of drug-likeness (QED) is 0.838. The lowest BCUT2D eigenvalue weighted by atomic mass is 10.2. The molecule has 0 atom stereocenters. The van der Waals surface area contributed by atoms with Gasteiger partial charge >= 0.3 is 0 Å². The summed E-state index contributed by atoms with van der Waals surface area (Å²) in [6.45, 7) is 0.186. The van der Waals surface area contributed by atoms with Crippen molar-refractivity contribution in [1.82, 2.24) is 9.97 Å². The third kappa shape index (κ3) is 2.93. The molecule has 0 fully saturated rings. The lowest BCUT2D eigenvalue weighted by molar-refractivity contribution is 0.288. The van der Waals surface area contributed by atoms with Crippen LogP contribution in [-0.2, 0) is 6.42 Å². The van der Waals surface area contributed by atoms with Crippen molar-refractivity contribution >= 4 is 21.9 Å². The van der Waals surface area contributed by atoms with E-state index in [1.54, 1.807) is 13.2 Å². The molecule has 1 rings (SSSR count). The summed E-state index contributed by atoms with van der Waals surface area (Å²) in [7, 11) is 1.78. The number of hydrogen-bond donors (Lipinski definition) is 2. The van der Waals surface area contributed by atoms with Crippen LogP contribution in [0.25, 0.3) is 0 Å². The third-order valence-electron chi connectivity index (χ3n) is 1.61. The molecule has 0 radical (unpaired) electrons. The summed E-state index contributed by atoms with van der Waals surface area (Å²) in [5, 5.41) is 11.5. The summed E-state index contributed by atoms with van der Waals surface area (Å²) in [4.78, 5) is 8.28. The van der Waals surface area contributed by atoms with Crippen molar-refractivity contribution in [3.8, 4) is 0 Å². The molecular weight excluding hydrogens is 234 g/mol. The first-order chi connectivity index (χ1) is 6.27. The van der Waals surface area contributed by atoms with E-state index in [9.17, 15) is 0 Å². The molecule has 13 heavy (non-hydrogen) atoms. The molecule has 4 nitrogen and oxygen atoms in total. The average molecular weight is 246 g/mol. The number of hydrogen-bond acceptors (Lipinski definition) is 4. The maximum atomic E-state index is 8.67. The Labute approximate surface area is 85.5 Å². The fourth-order valence-electron chi connectivity index (χ4n) is 0.945. The van der Waals surface area contributed by atoms with Crippen molar-refractivity contribution in [2.75, 3.05) is 19.0 Å². The Morgan fingerprint density at radius 1 is 1.62 bits per heavy atom. The highest BCUT2D eigenvalue weighted by atomic mass is 79.9. The van der Waals surface area contributed by atoms with Crippen LogP contribution < -0.4 is 5.32 Å². The maximum Gasteiger partial charge on any atom is 0.222 e. The molecule has 1 aromatic heterocycles. The highest BCUT2D eigenvalue weighted by molar-refractivity contribution is 9.10. The Kier molecular flexibility index (Phi) is 4.11. The summed E-state index contributed by atoms with van der Waals surface area (Å²) in [6.07, 6.45) is 3.19. The van der Waals surface area contributed by atoms with Crippen LogP contribution in [0.3, 0.4) is 0 Å². The summed E-state index contributed by atoms with van der Waals surface area (Å²) in [6, 6.07) is 0. The van der Waals surface area contributed by atoms with E-state index in [1.807, 2.05) is 0 Å². The predicted molar refractivity (Wildman–Crippen MR) is 54.7 cm³/mol. The van der Waals surface area contributed by atoms with Gasteiger partial charge in [0.1, 0.15) is 0 Å². The lowest BCUT2D eigenvalue weighted by Gasteiger charge is -2.04. The van der Waals surface area contributed by atoms with Crippen LogP contribution in [0.1, 0.15) is 12.1 Å². The number of aliphatic hydroxyl groups excluding tert-OH is 1. The molecular formula is C8H12BrN3O. The standard InChI is InChI=1S/C8H12BrN3O/c1-10-8-11-5-6(9)7(12-8)3-2-4-13/h5,13H,2-4H2,1H3,(H,10,11,12). The maximum absolute atomic E-state index is 8.67. The van der Waals surface area contributed by atoms with Crippen molar-refractivity contribution in [3.63, 3.8) is 0 Å². The summed E-state index contributed by atoms with van der Waals surface area (Å²) >= 11 is 3.36. The minimum atomic E-state index is 0.186. The number of aryl methyl sites for hydroxylation is 1. The smallest absolute Gasteiger partial charge is 0.222 e. The molecule has 0 aliphatic rings. The Morgan fingerprint density at radius 3 is 3.00 bits per heavy atom. The highest BCUT2D eigenvalue weighted by Crippen LogP contribution is 2.16. The van der Waals surface area contributed by atoms with Crippen molar-refractivity contribution in [1.29, 1.82) is 0 Å². The predicted octanol–water partition coefficient (Wildman–Crippen LogP) is 1.21. The first-order valence-corrected chi connectivity index (χ1v) is 4.87. The number of halogens is 1. The fraction of sp³-hybridized carbons (Fsp3) is 0.500. The van der Waals surface area contributed by atoms with Gasteiger partial charge in [-0.3, -0.25) is 0 Å². The number of aliphatic hydroxyl groups is 1. The van der Waals surface area contributed by atoms with Crippen LogP contribution in [0.5, 0.6) is 0 Å². The van der Waals surface area contributed by atoms with E-state index in [1.165, 1.54) is 0 Å². The van der Waals surface area contributed by atoms with Crippen LogP contribution in [0.15, 0.2) is 10.7 Å². The number of anilines is 1. The second-order valence-electron chi connectivity index (χ2n) is 2.57. The van der Waals surface area contributed by atoms with Crippen molar-refractivity contribution in [3.05, 3.63) is 16.4 Å². The molecule has 0 spiro atoms. The SMILES string of the molecule is CNc1ncc(Br)c(CCCO)n1. The van der Waals surface area contributed by atoms with Gasteiger partial charge in [0.25, 0.3) is 0 Å². The third-order valence-corrected chi connectivity index (χ3v) is 2.27. The van der Waals surface area contributed by atoms with Gasteiger partial charge in [-0.1, -0.05) is 0 Å². The molecule has 2 N–H and O–H groups in total. The summed E-state index contributed by atoms with van der Waals surface area (Å²) < 4.78 is 0.889. The van der Waals surface area contributed by atoms with Gasteiger partial charge in [-0.15, -0.1) is 0 Å². The molecule has 0 saturated heterocycles. The molecule has 0 amide bonds. The van der Waals surface area contributed by atoms with E-state index in [-0.39, 0.29) is 6.61 Å². The largest absolute Gasteiger partial charge is 0.396 e. The molecule has 0 aliphatic heterocycles. The Bertz CT molecular complexity index is 280. The van der Waals surface area contributed by atoms with Crippen LogP contribution in [0, 0.1) is 0 Å². The van der Waals surface area contributed by atoms with Gasteiger partial charge in [-0.05, 0) is 28.8 Å².